The molecular weight excluding hydrogens is 362 g/mol. The fourth-order valence-corrected chi connectivity index (χ4v) is 3.35. The van der Waals surface area contributed by atoms with Gasteiger partial charge in [-0.15, -0.1) is 0 Å². The predicted octanol–water partition coefficient (Wildman–Crippen LogP) is 4.22. The van der Waals surface area contributed by atoms with E-state index in [9.17, 15) is 4.79 Å². The fraction of sp³-hybridized carbons (Fsp3) is 0.167. The first-order chi connectivity index (χ1) is 14.3. The molecule has 2 aromatic carbocycles. The summed E-state index contributed by atoms with van der Waals surface area (Å²) in [6.45, 7) is 0.732. The summed E-state index contributed by atoms with van der Waals surface area (Å²) in [5.41, 5.74) is 3.90. The van der Waals surface area contributed by atoms with Gasteiger partial charge in [0.1, 0.15) is 0 Å². The van der Waals surface area contributed by atoms with E-state index in [1.807, 2.05) is 48.5 Å². The van der Waals surface area contributed by atoms with Crippen LogP contribution < -0.4 is 5.32 Å². The van der Waals surface area contributed by atoms with Gasteiger partial charge in [-0.2, -0.15) is 0 Å². The third-order valence-corrected chi connectivity index (χ3v) is 4.77. The number of nitrogens with zero attached hydrogens (tertiary/aromatic N) is 2. The molecule has 1 N–H and O–H groups in total. The van der Waals surface area contributed by atoms with E-state index in [1.165, 1.54) is 4.90 Å². The molecule has 146 valence electrons. The van der Waals surface area contributed by atoms with Crippen molar-refractivity contribution in [2.45, 2.75) is 19.3 Å². The molecule has 5 nitrogen and oxygen atoms in total. The van der Waals surface area contributed by atoms with Crippen LogP contribution in [0, 0.1) is 0 Å². The topological polar surface area (TPSA) is 53.9 Å². The number of hydrogen-bond acceptors (Lipinski definition) is 4. The molecule has 0 bridgehead atoms. The van der Waals surface area contributed by atoms with E-state index in [4.69, 9.17) is 4.74 Å². The van der Waals surface area contributed by atoms with E-state index in [1.54, 1.807) is 12.4 Å². The molecule has 0 saturated heterocycles. The number of ether oxygens (including phenoxy) is 1. The van der Waals surface area contributed by atoms with Crippen LogP contribution in [-0.4, -0.2) is 24.1 Å². The summed E-state index contributed by atoms with van der Waals surface area (Å²) in [6.07, 6.45) is 8.66. The Kier molecular flexibility index (Phi) is 5.86. The molecule has 4 rings (SSSR count). The first kappa shape index (κ1) is 18.7. The van der Waals surface area contributed by atoms with Gasteiger partial charge in [-0.05, 0) is 17.2 Å². The maximum atomic E-state index is 11.9. The SMILES string of the molecule is O=CN1C=C(c2ccccc2)NC(Cc2ccccc2)=C1N=CCC1=CCCO1. The van der Waals surface area contributed by atoms with E-state index in [0.717, 1.165) is 47.7 Å². The molecule has 29 heavy (non-hydrogen) atoms. The first-order valence-corrected chi connectivity index (χ1v) is 9.73. The van der Waals surface area contributed by atoms with E-state index in [-0.39, 0.29) is 0 Å². The highest BCUT2D eigenvalue weighted by Crippen LogP contribution is 2.25. The Morgan fingerprint density at radius 1 is 1.07 bits per heavy atom. The number of benzene rings is 2. The van der Waals surface area contributed by atoms with Gasteiger partial charge in [-0.3, -0.25) is 9.69 Å². The highest BCUT2D eigenvalue weighted by Gasteiger charge is 2.21. The van der Waals surface area contributed by atoms with Crippen molar-refractivity contribution in [2.75, 3.05) is 6.61 Å². The van der Waals surface area contributed by atoms with Crippen molar-refractivity contribution in [1.29, 1.82) is 0 Å². The lowest BCUT2D eigenvalue weighted by molar-refractivity contribution is -0.114. The number of hydrogen-bond donors (Lipinski definition) is 1. The molecule has 0 aliphatic carbocycles. The molecule has 1 amide bonds. The lowest BCUT2D eigenvalue weighted by atomic mass is 10.1. The minimum atomic E-state index is 0.599. The maximum Gasteiger partial charge on any atom is 0.219 e. The summed E-state index contributed by atoms with van der Waals surface area (Å²) in [4.78, 5) is 18.0. The van der Waals surface area contributed by atoms with Crippen LogP contribution in [0.1, 0.15) is 24.0 Å². The van der Waals surface area contributed by atoms with Crippen molar-refractivity contribution >= 4 is 18.3 Å². The number of carbonyl (C=O) groups excluding carboxylic acids is 1. The number of rotatable bonds is 7. The molecule has 0 saturated carbocycles. The van der Waals surface area contributed by atoms with Crippen molar-refractivity contribution in [3.8, 4) is 0 Å². The summed E-state index contributed by atoms with van der Waals surface area (Å²) in [5.74, 6) is 1.53. The van der Waals surface area contributed by atoms with Gasteiger partial charge in [0.05, 0.1) is 23.8 Å². The third-order valence-electron chi connectivity index (χ3n) is 4.77. The highest BCUT2D eigenvalue weighted by molar-refractivity contribution is 5.72. The summed E-state index contributed by atoms with van der Waals surface area (Å²) < 4.78 is 5.54. The highest BCUT2D eigenvalue weighted by atomic mass is 16.5. The maximum absolute atomic E-state index is 11.9. The third kappa shape index (κ3) is 4.63. The van der Waals surface area contributed by atoms with Gasteiger partial charge in [-0.1, -0.05) is 60.7 Å². The molecule has 2 aromatic rings. The quantitative estimate of drug-likeness (QED) is 0.573. The second-order valence-corrected chi connectivity index (χ2v) is 6.83. The largest absolute Gasteiger partial charge is 0.498 e. The van der Waals surface area contributed by atoms with Gasteiger partial charge in [0.25, 0.3) is 0 Å². The zero-order valence-corrected chi connectivity index (χ0v) is 16.1. The molecule has 2 aliphatic rings. The zero-order valence-electron chi connectivity index (χ0n) is 16.1. The molecule has 2 aliphatic heterocycles. The average Bonchev–Trinajstić information content (AvgIpc) is 3.29. The Labute approximate surface area is 170 Å². The summed E-state index contributed by atoms with van der Waals surface area (Å²) >= 11 is 0. The number of nitrogens with one attached hydrogen (secondary N) is 1. The Morgan fingerprint density at radius 2 is 1.83 bits per heavy atom. The number of amides is 1. The zero-order chi connectivity index (χ0) is 19.9. The Balaban J connectivity index is 1.65. The van der Waals surface area contributed by atoms with Crippen LogP contribution in [0.3, 0.4) is 0 Å². The first-order valence-electron chi connectivity index (χ1n) is 9.73. The lowest BCUT2D eigenvalue weighted by Gasteiger charge is -2.27. The van der Waals surface area contributed by atoms with Gasteiger partial charge in [-0.25, -0.2) is 4.99 Å². The smallest absolute Gasteiger partial charge is 0.219 e. The van der Waals surface area contributed by atoms with Crippen molar-refractivity contribution in [1.82, 2.24) is 10.2 Å². The van der Waals surface area contributed by atoms with Gasteiger partial charge in [0, 0.05) is 31.7 Å². The second-order valence-electron chi connectivity index (χ2n) is 6.83. The second kappa shape index (κ2) is 9.06. The van der Waals surface area contributed by atoms with Gasteiger partial charge < -0.3 is 10.1 Å². The van der Waals surface area contributed by atoms with Crippen molar-refractivity contribution < 1.29 is 9.53 Å². The van der Waals surface area contributed by atoms with Crippen molar-refractivity contribution in [3.05, 3.63) is 101 Å². The predicted molar refractivity (Wildman–Crippen MR) is 114 cm³/mol. The van der Waals surface area contributed by atoms with E-state index in [2.05, 4.69) is 28.5 Å². The van der Waals surface area contributed by atoms with Gasteiger partial charge in [0.2, 0.25) is 6.41 Å². The molecule has 0 radical (unpaired) electrons. The summed E-state index contributed by atoms with van der Waals surface area (Å²) in [5, 5.41) is 3.49. The fourth-order valence-electron chi connectivity index (χ4n) is 3.35. The monoisotopic (exact) mass is 385 g/mol. The van der Waals surface area contributed by atoms with Crippen LogP contribution in [0.25, 0.3) is 5.70 Å². The van der Waals surface area contributed by atoms with E-state index < -0.39 is 0 Å². The Morgan fingerprint density at radius 3 is 2.52 bits per heavy atom. The summed E-state index contributed by atoms with van der Waals surface area (Å²) in [7, 11) is 0. The Bertz CT molecular complexity index is 976. The molecule has 0 spiro atoms. The molecule has 0 aromatic heterocycles. The van der Waals surface area contributed by atoms with Crippen molar-refractivity contribution in [2.24, 2.45) is 4.99 Å². The summed E-state index contributed by atoms with van der Waals surface area (Å²) in [6, 6.07) is 20.1. The van der Waals surface area contributed by atoms with E-state index in [0.29, 0.717) is 18.7 Å². The number of allylic oxidation sites excluding steroid dienone is 2. The van der Waals surface area contributed by atoms with Crippen LogP contribution >= 0.6 is 0 Å². The molecule has 0 fully saturated rings. The van der Waals surface area contributed by atoms with Crippen LogP contribution in [0.2, 0.25) is 0 Å². The molecular formula is C24H23N3O2. The van der Waals surface area contributed by atoms with Gasteiger partial charge in [0.15, 0.2) is 5.82 Å². The van der Waals surface area contributed by atoms with E-state index >= 15 is 0 Å². The molecule has 0 unspecified atom stereocenters. The van der Waals surface area contributed by atoms with Gasteiger partial charge >= 0.3 is 0 Å². The van der Waals surface area contributed by atoms with Crippen LogP contribution in [0.4, 0.5) is 0 Å². The average molecular weight is 385 g/mol. The molecule has 0 atom stereocenters. The van der Waals surface area contributed by atoms with Crippen LogP contribution in [0.15, 0.2) is 95.2 Å². The normalized spacial score (nSPS) is 16.3. The lowest BCUT2D eigenvalue weighted by Crippen LogP contribution is -2.29. The minimum Gasteiger partial charge on any atom is -0.498 e. The van der Waals surface area contributed by atoms with Crippen LogP contribution in [-0.2, 0) is 16.0 Å². The number of carbonyl (C=O) groups is 1. The van der Waals surface area contributed by atoms with Crippen LogP contribution in [0.5, 0.6) is 0 Å². The molecule has 2 heterocycles. The molecule has 5 heteroatoms. The van der Waals surface area contributed by atoms with Crippen molar-refractivity contribution in [3.63, 3.8) is 0 Å². The standard InChI is InChI=1S/C24H23N3O2/c28-18-27-17-23(20-10-5-2-6-11-20)26-22(16-19-8-3-1-4-9-19)24(27)25-14-13-21-12-7-15-29-21/h1-6,8-12,14,17-18,26H,7,13,15-16H2. The number of aliphatic imine (C=N–C) groups is 1. The Hall–Kier alpha value is -3.60. The minimum absolute atomic E-state index is 0.599.